The third-order valence-electron chi connectivity index (χ3n) is 7.89. The Morgan fingerprint density at radius 1 is 0.629 bits per heavy atom. The number of rotatable bonds is 4. The molecule has 5 saturated heterocycles. The van der Waals surface area contributed by atoms with Crippen LogP contribution in [0.15, 0.2) is 0 Å². The Morgan fingerprint density at radius 2 is 1.31 bits per heavy atom. The maximum Gasteiger partial charge on any atom is 0.140 e. The maximum absolute atomic E-state index is 7.34. The van der Waals surface area contributed by atoms with E-state index < -0.39 is 16.8 Å². The monoisotopic (exact) mass is 581 g/mol. The van der Waals surface area contributed by atoms with E-state index in [9.17, 15) is 0 Å². The van der Waals surface area contributed by atoms with Crippen LogP contribution in [0.25, 0.3) is 0 Å². The highest BCUT2D eigenvalue weighted by Crippen LogP contribution is 2.55. The van der Waals surface area contributed by atoms with E-state index in [1.807, 2.05) is 0 Å². The van der Waals surface area contributed by atoms with Gasteiger partial charge in [-0.2, -0.15) is 58.8 Å². The Hall–Kier alpha value is 1.55. The van der Waals surface area contributed by atoms with Crippen molar-refractivity contribution in [3.05, 3.63) is 0 Å². The Bertz CT molecular complexity index is 573. The first-order valence-corrected chi connectivity index (χ1v) is 19.1. The highest BCUT2D eigenvalue weighted by atomic mass is 32.2. The van der Waals surface area contributed by atoms with Gasteiger partial charge in [0.25, 0.3) is 0 Å². The van der Waals surface area contributed by atoms with Gasteiger partial charge in [0.15, 0.2) is 0 Å². The van der Waals surface area contributed by atoms with Crippen molar-refractivity contribution in [1.29, 1.82) is 0 Å². The highest BCUT2D eigenvalue weighted by molar-refractivity contribution is 8.04. The van der Waals surface area contributed by atoms with Crippen LogP contribution in [0, 0.1) is 0 Å². The molecule has 0 aromatic rings. The summed E-state index contributed by atoms with van der Waals surface area (Å²) in [7, 11) is 0. The van der Waals surface area contributed by atoms with Gasteiger partial charge in [-0.25, -0.2) is 0 Å². The van der Waals surface area contributed by atoms with E-state index in [0.717, 1.165) is 81.8 Å². The Labute approximate surface area is 233 Å². The summed E-state index contributed by atoms with van der Waals surface area (Å²) in [6, 6.07) is 0. The van der Waals surface area contributed by atoms with E-state index in [1.165, 1.54) is 35.9 Å². The summed E-state index contributed by atoms with van der Waals surface area (Å²) in [5.74, 6) is 9.14. The van der Waals surface area contributed by atoms with E-state index >= 15 is 0 Å². The lowest BCUT2D eigenvalue weighted by molar-refractivity contribution is -0.284. The normalized spacial score (nSPS) is 43.2. The standard InChI is InChI=1S/C25H43NO4S5/c1-6-26-18-23(28-8-1,21-16-31-12-4-14-34-21)25(20-33-11-3-10-30-25)24(19-27-7-2-9-29-24)22-17-32-13-5-15-35-22/h21-22,26H,1-20H2. The Kier molecular flexibility index (Phi) is 11.0. The first-order chi connectivity index (χ1) is 17.3. The summed E-state index contributed by atoms with van der Waals surface area (Å²) in [6.07, 6.45) is 5.64. The molecule has 5 aliphatic heterocycles. The van der Waals surface area contributed by atoms with Crippen LogP contribution in [0.5, 0.6) is 0 Å². The third kappa shape index (κ3) is 5.87. The van der Waals surface area contributed by atoms with Crippen molar-refractivity contribution < 1.29 is 18.9 Å². The van der Waals surface area contributed by atoms with E-state index in [0.29, 0.717) is 17.1 Å². The van der Waals surface area contributed by atoms with E-state index in [4.69, 9.17) is 18.9 Å². The molecule has 0 spiro atoms. The predicted molar refractivity (Wildman–Crippen MR) is 157 cm³/mol. The van der Waals surface area contributed by atoms with Crippen LogP contribution in [0.1, 0.15) is 32.1 Å². The molecule has 5 fully saturated rings. The molecule has 202 valence electrons. The largest absolute Gasteiger partial charge is 0.378 e. The van der Waals surface area contributed by atoms with E-state index in [1.54, 1.807) is 0 Å². The minimum atomic E-state index is -0.562. The fraction of sp³-hybridized carbons (Fsp3) is 1.00. The Morgan fingerprint density at radius 3 is 2.14 bits per heavy atom. The molecule has 0 bridgehead atoms. The number of hydrogen-bond acceptors (Lipinski definition) is 10. The average molecular weight is 582 g/mol. The van der Waals surface area contributed by atoms with Crippen LogP contribution >= 0.6 is 58.8 Å². The van der Waals surface area contributed by atoms with Gasteiger partial charge in [-0.1, -0.05) is 0 Å². The molecule has 0 radical (unpaired) electrons. The van der Waals surface area contributed by atoms with Gasteiger partial charge < -0.3 is 24.3 Å². The topological polar surface area (TPSA) is 49.0 Å². The molecule has 5 unspecified atom stereocenters. The fourth-order valence-corrected chi connectivity index (χ4v) is 13.6. The Balaban J connectivity index is 1.67. The van der Waals surface area contributed by atoms with Gasteiger partial charge in [-0.05, 0) is 67.4 Å². The average Bonchev–Trinajstić information content (AvgIpc) is 3.53. The van der Waals surface area contributed by atoms with E-state index in [-0.39, 0.29) is 0 Å². The van der Waals surface area contributed by atoms with E-state index in [2.05, 4.69) is 64.1 Å². The third-order valence-corrected chi connectivity index (χ3v) is 14.7. The van der Waals surface area contributed by atoms with Crippen LogP contribution < -0.4 is 5.32 Å². The van der Waals surface area contributed by atoms with Gasteiger partial charge in [0.2, 0.25) is 0 Å². The summed E-state index contributed by atoms with van der Waals surface area (Å²) in [5, 5.41) is 4.54. The molecule has 0 aromatic carbocycles. The smallest absolute Gasteiger partial charge is 0.140 e. The second kappa shape index (κ2) is 13.8. The van der Waals surface area contributed by atoms with Crippen LogP contribution in [-0.4, -0.2) is 119 Å². The molecule has 0 aliphatic carbocycles. The summed E-state index contributed by atoms with van der Waals surface area (Å²) >= 11 is 10.5. The van der Waals surface area contributed by atoms with Crippen molar-refractivity contribution in [1.82, 2.24) is 5.32 Å². The van der Waals surface area contributed by atoms with Crippen LogP contribution in [-0.2, 0) is 18.9 Å². The zero-order chi connectivity index (χ0) is 23.9. The highest BCUT2D eigenvalue weighted by Gasteiger charge is 2.71. The van der Waals surface area contributed by atoms with Crippen LogP contribution in [0.2, 0.25) is 0 Å². The minimum absolute atomic E-state index is 0.332. The molecule has 5 nitrogen and oxygen atoms in total. The first kappa shape index (κ1) is 28.1. The quantitative estimate of drug-likeness (QED) is 0.521. The van der Waals surface area contributed by atoms with Gasteiger partial charge in [0.05, 0.1) is 6.61 Å². The van der Waals surface area contributed by atoms with Crippen molar-refractivity contribution in [2.24, 2.45) is 0 Å². The molecule has 1 N–H and O–H groups in total. The zero-order valence-electron chi connectivity index (χ0n) is 21.0. The number of thioether (sulfide) groups is 5. The molecule has 0 saturated carbocycles. The summed E-state index contributed by atoms with van der Waals surface area (Å²) in [5.41, 5.74) is -1.53. The first-order valence-electron chi connectivity index (χ1n) is 13.5. The molecule has 5 atom stereocenters. The molecule has 5 aliphatic rings. The van der Waals surface area contributed by atoms with Gasteiger partial charge in [-0.15, -0.1) is 0 Å². The molecule has 0 amide bonds. The van der Waals surface area contributed by atoms with Crippen molar-refractivity contribution in [3.63, 3.8) is 0 Å². The van der Waals surface area contributed by atoms with Crippen LogP contribution in [0.3, 0.4) is 0 Å². The number of ether oxygens (including phenoxy) is 4. The lowest BCUT2D eigenvalue weighted by atomic mass is 9.68. The van der Waals surface area contributed by atoms with Gasteiger partial charge in [0.1, 0.15) is 16.8 Å². The van der Waals surface area contributed by atoms with Gasteiger partial charge in [-0.3, -0.25) is 0 Å². The number of hydrogen-bond donors (Lipinski definition) is 1. The molecule has 35 heavy (non-hydrogen) atoms. The second-order valence-electron chi connectivity index (χ2n) is 10.1. The van der Waals surface area contributed by atoms with Crippen molar-refractivity contribution in [3.8, 4) is 0 Å². The molecule has 10 heteroatoms. The lowest BCUT2D eigenvalue weighted by Crippen LogP contribution is -2.81. The fourth-order valence-electron chi connectivity index (χ4n) is 6.16. The summed E-state index contributed by atoms with van der Waals surface area (Å²) in [6.45, 7) is 5.53. The predicted octanol–water partition coefficient (Wildman–Crippen LogP) is 4.28. The summed E-state index contributed by atoms with van der Waals surface area (Å²) in [4.78, 5) is 0. The molecular formula is C25H43NO4S5. The van der Waals surface area contributed by atoms with Gasteiger partial charge in [0, 0.05) is 60.7 Å². The second-order valence-corrected chi connectivity index (χ2v) is 16.1. The van der Waals surface area contributed by atoms with Gasteiger partial charge >= 0.3 is 0 Å². The minimum Gasteiger partial charge on any atom is -0.378 e. The van der Waals surface area contributed by atoms with Crippen molar-refractivity contribution in [2.75, 3.05) is 92.1 Å². The van der Waals surface area contributed by atoms with Crippen molar-refractivity contribution in [2.45, 2.75) is 59.4 Å². The molecule has 5 heterocycles. The summed E-state index contributed by atoms with van der Waals surface area (Å²) < 4.78 is 28.3. The molecular weight excluding hydrogens is 539 g/mol. The SMILES string of the molecule is C1CNCC(C2CSCCCS2)(C2(C3(C4CSCCCS4)COCCCO3)CSCCCO2)OC1. The number of nitrogens with one attached hydrogen (secondary N) is 1. The molecule has 5 rings (SSSR count). The molecule has 0 aromatic heterocycles. The zero-order valence-corrected chi connectivity index (χ0v) is 25.1. The van der Waals surface area contributed by atoms with Crippen molar-refractivity contribution >= 4 is 58.8 Å². The maximum atomic E-state index is 7.34. The lowest BCUT2D eigenvalue weighted by Gasteiger charge is -2.61. The van der Waals surface area contributed by atoms with Crippen LogP contribution in [0.4, 0.5) is 0 Å².